The number of aryl methyl sites for hydroxylation is 1. The molecule has 0 fully saturated rings. The highest BCUT2D eigenvalue weighted by molar-refractivity contribution is 5.84. The molecule has 1 aromatic carbocycles. The molecule has 0 saturated heterocycles. The van der Waals surface area contributed by atoms with Crippen LogP contribution in [0.2, 0.25) is 0 Å². The SMILES string of the molecule is CCc1ccc(OC(C)C(=O)NN=Cc2ccncc2)cc1. The maximum Gasteiger partial charge on any atom is 0.280 e. The van der Waals surface area contributed by atoms with Gasteiger partial charge in [-0.25, -0.2) is 5.43 Å². The van der Waals surface area contributed by atoms with Gasteiger partial charge in [0.25, 0.3) is 5.91 Å². The molecule has 5 nitrogen and oxygen atoms in total. The van der Waals surface area contributed by atoms with Crippen LogP contribution < -0.4 is 10.2 Å². The monoisotopic (exact) mass is 297 g/mol. The van der Waals surface area contributed by atoms with Gasteiger partial charge < -0.3 is 4.74 Å². The van der Waals surface area contributed by atoms with E-state index in [1.807, 2.05) is 24.3 Å². The number of nitrogens with one attached hydrogen (secondary N) is 1. The molecule has 0 radical (unpaired) electrons. The number of carbonyl (C=O) groups is 1. The lowest BCUT2D eigenvalue weighted by atomic mass is 10.2. The van der Waals surface area contributed by atoms with E-state index in [0.717, 1.165) is 12.0 Å². The number of amides is 1. The van der Waals surface area contributed by atoms with Gasteiger partial charge in [0, 0.05) is 12.4 Å². The van der Waals surface area contributed by atoms with Crippen molar-refractivity contribution in [2.75, 3.05) is 0 Å². The third-order valence-electron chi connectivity index (χ3n) is 3.11. The Morgan fingerprint density at radius 1 is 1.27 bits per heavy atom. The number of benzene rings is 1. The Balaban J connectivity index is 1.85. The van der Waals surface area contributed by atoms with Crippen LogP contribution in [0, 0.1) is 0 Å². The Kier molecular flexibility index (Phi) is 5.65. The molecular formula is C17H19N3O2. The van der Waals surface area contributed by atoms with Crippen LogP contribution in [0.5, 0.6) is 5.75 Å². The summed E-state index contributed by atoms with van der Waals surface area (Å²) < 4.78 is 5.58. The Morgan fingerprint density at radius 2 is 1.95 bits per heavy atom. The van der Waals surface area contributed by atoms with Crippen LogP contribution in [0.15, 0.2) is 53.9 Å². The van der Waals surface area contributed by atoms with E-state index in [0.29, 0.717) is 5.75 Å². The van der Waals surface area contributed by atoms with Gasteiger partial charge in [-0.15, -0.1) is 0 Å². The molecule has 0 aliphatic heterocycles. The predicted molar refractivity (Wildman–Crippen MR) is 85.9 cm³/mol. The molecule has 0 saturated carbocycles. The van der Waals surface area contributed by atoms with Crippen molar-refractivity contribution in [2.45, 2.75) is 26.4 Å². The summed E-state index contributed by atoms with van der Waals surface area (Å²) in [7, 11) is 0. The predicted octanol–water partition coefficient (Wildman–Crippen LogP) is 2.56. The minimum atomic E-state index is -0.623. The first-order valence-electron chi connectivity index (χ1n) is 7.17. The highest BCUT2D eigenvalue weighted by Gasteiger charge is 2.13. The van der Waals surface area contributed by atoms with Gasteiger partial charge in [-0.2, -0.15) is 5.10 Å². The normalized spacial score (nSPS) is 12.1. The van der Waals surface area contributed by atoms with Gasteiger partial charge in [0.15, 0.2) is 6.10 Å². The summed E-state index contributed by atoms with van der Waals surface area (Å²) in [6.07, 6.45) is 5.23. The second kappa shape index (κ2) is 7.93. The molecule has 1 amide bonds. The van der Waals surface area contributed by atoms with Crippen LogP contribution in [0.4, 0.5) is 0 Å². The van der Waals surface area contributed by atoms with Gasteiger partial charge in [-0.1, -0.05) is 19.1 Å². The topological polar surface area (TPSA) is 63.6 Å². The largest absolute Gasteiger partial charge is 0.481 e. The van der Waals surface area contributed by atoms with Gasteiger partial charge >= 0.3 is 0 Å². The molecule has 5 heteroatoms. The smallest absolute Gasteiger partial charge is 0.280 e. The van der Waals surface area contributed by atoms with E-state index in [2.05, 4.69) is 22.4 Å². The molecule has 0 aliphatic rings. The van der Waals surface area contributed by atoms with Gasteiger partial charge in [-0.05, 0) is 48.7 Å². The number of pyridine rings is 1. The highest BCUT2D eigenvalue weighted by atomic mass is 16.5. The summed E-state index contributed by atoms with van der Waals surface area (Å²) >= 11 is 0. The molecule has 1 unspecified atom stereocenters. The van der Waals surface area contributed by atoms with Crippen molar-refractivity contribution >= 4 is 12.1 Å². The summed E-state index contributed by atoms with van der Waals surface area (Å²) in [4.78, 5) is 15.8. The van der Waals surface area contributed by atoms with Crippen LogP contribution in [0.25, 0.3) is 0 Å². The van der Waals surface area contributed by atoms with E-state index in [-0.39, 0.29) is 5.91 Å². The summed E-state index contributed by atoms with van der Waals surface area (Å²) in [6, 6.07) is 11.3. The molecule has 0 spiro atoms. The number of ether oxygens (including phenoxy) is 1. The molecule has 0 aliphatic carbocycles. The van der Waals surface area contributed by atoms with Crippen LogP contribution >= 0.6 is 0 Å². The molecular weight excluding hydrogens is 278 g/mol. The molecule has 2 aromatic rings. The Morgan fingerprint density at radius 3 is 2.59 bits per heavy atom. The van der Waals surface area contributed by atoms with Crippen LogP contribution in [0.3, 0.4) is 0 Å². The fraction of sp³-hybridized carbons (Fsp3) is 0.235. The van der Waals surface area contributed by atoms with E-state index >= 15 is 0 Å². The summed E-state index contributed by atoms with van der Waals surface area (Å²) in [6.45, 7) is 3.78. The quantitative estimate of drug-likeness (QED) is 0.658. The summed E-state index contributed by atoms with van der Waals surface area (Å²) in [5, 5.41) is 3.90. The molecule has 1 atom stereocenters. The Labute approximate surface area is 130 Å². The van der Waals surface area contributed by atoms with E-state index in [1.165, 1.54) is 5.56 Å². The van der Waals surface area contributed by atoms with Crippen molar-refractivity contribution in [1.29, 1.82) is 0 Å². The Bertz CT molecular complexity index is 624. The fourth-order valence-corrected chi connectivity index (χ4v) is 1.77. The van der Waals surface area contributed by atoms with Crippen molar-refractivity contribution < 1.29 is 9.53 Å². The number of hydrazone groups is 1. The number of hydrogen-bond donors (Lipinski definition) is 1. The van der Waals surface area contributed by atoms with Gasteiger partial charge in [0.05, 0.1) is 6.21 Å². The number of nitrogens with zero attached hydrogens (tertiary/aromatic N) is 2. The van der Waals surface area contributed by atoms with E-state index in [4.69, 9.17) is 4.74 Å². The van der Waals surface area contributed by atoms with Gasteiger partial charge in [0.1, 0.15) is 5.75 Å². The average molecular weight is 297 g/mol. The third-order valence-corrected chi connectivity index (χ3v) is 3.11. The van der Waals surface area contributed by atoms with Crippen molar-refractivity contribution in [3.63, 3.8) is 0 Å². The second-order valence-corrected chi connectivity index (χ2v) is 4.77. The van der Waals surface area contributed by atoms with Crippen LogP contribution in [-0.2, 0) is 11.2 Å². The van der Waals surface area contributed by atoms with E-state index in [1.54, 1.807) is 37.7 Å². The highest BCUT2D eigenvalue weighted by Crippen LogP contribution is 2.14. The van der Waals surface area contributed by atoms with Crippen LogP contribution in [-0.4, -0.2) is 23.2 Å². The molecule has 2 rings (SSSR count). The number of hydrogen-bond acceptors (Lipinski definition) is 4. The maximum absolute atomic E-state index is 11.9. The molecule has 22 heavy (non-hydrogen) atoms. The second-order valence-electron chi connectivity index (χ2n) is 4.77. The lowest BCUT2D eigenvalue weighted by molar-refractivity contribution is -0.127. The van der Waals surface area contributed by atoms with E-state index < -0.39 is 6.10 Å². The van der Waals surface area contributed by atoms with E-state index in [9.17, 15) is 4.79 Å². The fourth-order valence-electron chi connectivity index (χ4n) is 1.77. The zero-order valence-corrected chi connectivity index (χ0v) is 12.7. The summed E-state index contributed by atoms with van der Waals surface area (Å²) in [5.74, 6) is 0.364. The zero-order chi connectivity index (χ0) is 15.8. The summed E-state index contributed by atoms with van der Waals surface area (Å²) in [5.41, 5.74) is 4.55. The Hall–Kier alpha value is -2.69. The molecule has 1 aromatic heterocycles. The maximum atomic E-state index is 11.9. The molecule has 0 bridgehead atoms. The van der Waals surface area contributed by atoms with Crippen molar-refractivity contribution in [1.82, 2.24) is 10.4 Å². The molecule has 114 valence electrons. The standard InChI is InChI=1S/C17H19N3O2/c1-3-14-4-6-16(7-5-14)22-13(2)17(21)20-19-12-15-8-10-18-11-9-15/h4-13H,3H2,1-2H3,(H,20,21). The average Bonchev–Trinajstić information content (AvgIpc) is 2.56. The molecule has 1 heterocycles. The lowest BCUT2D eigenvalue weighted by Crippen LogP contribution is -2.33. The van der Waals surface area contributed by atoms with Gasteiger partial charge in [0.2, 0.25) is 0 Å². The molecule has 1 N–H and O–H groups in total. The van der Waals surface area contributed by atoms with Crippen LogP contribution in [0.1, 0.15) is 25.0 Å². The number of carbonyl (C=O) groups excluding carboxylic acids is 1. The zero-order valence-electron chi connectivity index (χ0n) is 12.7. The third kappa shape index (κ3) is 4.70. The van der Waals surface area contributed by atoms with Crippen molar-refractivity contribution in [2.24, 2.45) is 5.10 Å². The number of aromatic nitrogens is 1. The van der Waals surface area contributed by atoms with Gasteiger partial charge in [-0.3, -0.25) is 9.78 Å². The number of rotatable bonds is 6. The minimum Gasteiger partial charge on any atom is -0.481 e. The first-order chi connectivity index (χ1) is 10.7. The first-order valence-corrected chi connectivity index (χ1v) is 7.17. The lowest BCUT2D eigenvalue weighted by Gasteiger charge is -2.13. The van der Waals surface area contributed by atoms with Crippen molar-refractivity contribution in [3.05, 3.63) is 59.9 Å². The minimum absolute atomic E-state index is 0.301. The first kappa shape index (κ1) is 15.7. The van der Waals surface area contributed by atoms with Crippen molar-refractivity contribution in [3.8, 4) is 5.75 Å².